The van der Waals surface area contributed by atoms with Crippen LogP contribution in [0.5, 0.6) is 0 Å². The molecule has 117 heavy (non-hydrogen) atoms. The molecular formula is C96H176N7O14+7. The van der Waals surface area contributed by atoms with Crippen molar-refractivity contribution in [1.29, 1.82) is 0 Å². The maximum absolute atomic E-state index is 11.7. The lowest BCUT2D eigenvalue weighted by Crippen LogP contribution is -2.51. The van der Waals surface area contributed by atoms with Crippen molar-refractivity contribution in [3.05, 3.63) is 145 Å². The maximum Gasteiger partial charge on any atom is 0.333 e. The zero-order valence-corrected chi connectivity index (χ0v) is 79.4. The van der Waals surface area contributed by atoms with Gasteiger partial charge >= 0.3 is 41.8 Å². The number of ether oxygens (including phenoxy) is 7. The lowest BCUT2D eigenvalue weighted by Gasteiger charge is -2.37. The number of allylic oxidation sites excluding steroid dienone is 4. The number of carbonyl (C=O) groups excluding carboxylic acids is 7. The first-order chi connectivity index (χ1) is 55.5. The molecule has 0 bridgehead atoms. The minimum absolute atomic E-state index is 0.223. The van der Waals surface area contributed by atoms with Gasteiger partial charge in [0, 0.05) is 42.0 Å². The van der Waals surface area contributed by atoms with Gasteiger partial charge in [-0.3, -0.25) is 0 Å². The summed E-state index contributed by atoms with van der Waals surface area (Å²) in [5, 5.41) is 0. The highest BCUT2D eigenvalue weighted by molar-refractivity contribution is 5.88. The first-order valence-electron chi connectivity index (χ1n) is 44.2. The Morgan fingerprint density at radius 1 is 0.282 bits per heavy atom. The number of likely N-dealkylation sites (N-methyl/N-ethyl adjacent to an activating group) is 7. The highest BCUT2D eigenvalue weighted by Crippen LogP contribution is 2.15. The second-order valence-electron chi connectivity index (χ2n) is 31.7. The van der Waals surface area contributed by atoms with Crippen molar-refractivity contribution in [2.45, 2.75) is 190 Å². The van der Waals surface area contributed by atoms with Crippen molar-refractivity contribution >= 4 is 53.9 Å². The summed E-state index contributed by atoms with van der Waals surface area (Å²) in [6, 6.07) is 19.4. The van der Waals surface area contributed by atoms with Crippen LogP contribution in [0.4, 0.5) is 0 Å². The van der Waals surface area contributed by atoms with E-state index in [0.29, 0.717) is 51.8 Å². The molecule has 0 heterocycles. The molecule has 2 unspecified atom stereocenters. The molecule has 0 N–H and O–H groups in total. The van der Waals surface area contributed by atoms with Crippen LogP contribution >= 0.6 is 0 Å². The molecule has 0 fully saturated rings. The van der Waals surface area contributed by atoms with Crippen LogP contribution in [0, 0.1) is 0 Å². The van der Waals surface area contributed by atoms with Crippen LogP contribution in [0.2, 0.25) is 0 Å². The van der Waals surface area contributed by atoms with Gasteiger partial charge in [0.15, 0.2) is 0 Å². The van der Waals surface area contributed by atoms with E-state index in [2.05, 4.69) is 153 Å². The minimum Gasteiger partial charge on any atom is -0.457 e. The number of nitrogens with zero attached hydrogens (tertiary/aromatic N) is 7. The van der Waals surface area contributed by atoms with Crippen molar-refractivity contribution in [3.8, 4) is 0 Å². The Kier molecular flexibility index (Phi) is 74.5. The molecule has 0 radical (unpaired) electrons. The fourth-order valence-corrected chi connectivity index (χ4v) is 12.5. The van der Waals surface area contributed by atoms with Crippen LogP contribution in [-0.2, 0) is 66.7 Å². The fraction of sp³-hybridized carbons (Fsp3) is 0.656. The predicted molar refractivity (Wildman–Crippen MR) is 488 cm³/mol. The predicted octanol–water partition coefficient (Wildman–Crippen LogP) is 16.9. The van der Waals surface area contributed by atoms with Gasteiger partial charge in [-0.25, -0.2) is 33.6 Å². The number of quaternary nitrogens is 7. The first kappa shape index (κ1) is 118. The average molecular weight is 1650 g/mol. The number of rotatable bonds is 53. The zero-order valence-electron chi connectivity index (χ0n) is 79.4. The summed E-state index contributed by atoms with van der Waals surface area (Å²) in [7, 11) is 12.4. The quantitative estimate of drug-likeness (QED) is 0.0264. The Balaban J connectivity index is -0.000000419. The molecule has 0 saturated carbocycles. The SMILES string of the molecule is C/C=C/C(=O)OCC[N+](C)(C)C.C/C=C/C(=O)OCC[N+](CC)(CC)CC.C/C=C/C(=O)OCC[N+](CC)(CCC)CCC.C/C=C/C(=O)OCC[N+](CC)(CCC)CCCC.C=C(C)C(=O)OCC[N+](CC)(CCC)CCCC.CC[N+](CC)(CC)CCOC(=O)/C=C/c1ccccc1.C[N+](C)(C)CCOC(=O)/C=C/c1ccccc1. The molecule has 2 aromatic rings. The lowest BCUT2D eigenvalue weighted by atomic mass is 10.2. The molecule has 672 valence electrons. The van der Waals surface area contributed by atoms with Gasteiger partial charge < -0.3 is 64.5 Å². The van der Waals surface area contributed by atoms with Crippen LogP contribution in [0.3, 0.4) is 0 Å². The first-order valence-corrected chi connectivity index (χ1v) is 44.2. The van der Waals surface area contributed by atoms with Gasteiger partial charge in [-0.15, -0.1) is 0 Å². The van der Waals surface area contributed by atoms with E-state index in [9.17, 15) is 33.6 Å². The van der Waals surface area contributed by atoms with Crippen molar-refractivity contribution in [2.24, 2.45) is 0 Å². The van der Waals surface area contributed by atoms with Gasteiger partial charge in [0.1, 0.15) is 92.1 Å². The number of carbonyl (C=O) groups is 7. The molecule has 0 aliphatic heterocycles. The molecular weight excluding hydrogens is 1480 g/mol. The fourth-order valence-electron chi connectivity index (χ4n) is 12.5. The van der Waals surface area contributed by atoms with E-state index in [1.54, 1.807) is 50.3 Å². The van der Waals surface area contributed by atoms with Gasteiger partial charge in [0.25, 0.3) is 0 Å². The summed E-state index contributed by atoms with van der Waals surface area (Å²) in [6.07, 6.45) is 28.8. The molecule has 2 aromatic carbocycles. The van der Waals surface area contributed by atoms with Crippen molar-refractivity contribution in [2.75, 3.05) is 233 Å². The lowest BCUT2D eigenvalue weighted by molar-refractivity contribution is -0.927. The molecule has 0 aliphatic carbocycles. The zero-order chi connectivity index (χ0) is 89.9. The molecule has 21 nitrogen and oxygen atoms in total. The highest BCUT2D eigenvalue weighted by atomic mass is 16.6. The monoisotopic (exact) mass is 1650 g/mol. The molecule has 0 saturated heterocycles. The summed E-state index contributed by atoms with van der Waals surface area (Å²) in [4.78, 5) is 78.8. The largest absolute Gasteiger partial charge is 0.457 e. The summed E-state index contributed by atoms with van der Waals surface area (Å²) in [5.41, 5.74) is 2.48. The van der Waals surface area contributed by atoms with E-state index in [-0.39, 0.29) is 41.8 Å². The van der Waals surface area contributed by atoms with Crippen LogP contribution in [0.1, 0.15) is 201 Å². The Bertz CT molecular complexity index is 3010. The molecule has 2 rings (SSSR count). The Hall–Kier alpha value is -7.37. The van der Waals surface area contributed by atoms with Gasteiger partial charge in [0.05, 0.1) is 140 Å². The van der Waals surface area contributed by atoms with E-state index in [0.717, 1.165) is 147 Å². The summed E-state index contributed by atoms with van der Waals surface area (Å²) in [5.74, 6) is -1.77. The van der Waals surface area contributed by atoms with Crippen LogP contribution in [-0.4, -0.2) is 306 Å². The molecule has 0 aliphatic rings. The van der Waals surface area contributed by atoms with Gasteiger partial charge in [-0.2, -0.15) is 0 Å². The minimum atomic E-state index is -0.290. The smallest absolute Gasteiger partial charge is 0.333 e. The second kappa shape index (κ2) is 73.7. The van der Waals surface area contributed by atoms with Crippen molar-refractivity contribution in [3.63, 3.8) is 0 Å². The Labute approximate surface area is 715 Å². The summed E-state index contributed by atoms with van der Waals surface area (Å²) in [6.45, 7) is 72.2. The summed E-state index contributed by atoms with van der Waals surface area (Å²) < 4.78 is 42.9. The van der Waals surface area contributed by atoms with Gasteiger partial charge in [0.2, 0.25) is 0 Å². The van der Waals surface area contributed by atoms with E-state index in [4.69, 9.17) is 33.2 Å². The molecule has 0 amide bonds. The van der Waals surface area contributed by atoms with E-state index in [1.165, 1.54) is 127 Å². The van der Waals surface area contributed by atoms with Gasteiger partial charge in [-0.1, -0.05) is 146 Å². The maximum atomic E-state index is 11.7. The third kappa shape index (κ3) is 66.2. The number of hydrogen-bond donors (Lipinski definition) is 0. The van der Waals surface area contributed by atoms with Crippen molar-refractivity contribution in [1.82, 2.24) is 0 Å². The third-order valence-corrected chi connectivity index (χ3v) is 20.8. The summed E-state index contributed by atoms with van der Waals surface area (Å²) >= 11 is 0. The Morgan fingerprint density at radius 3 is 0.701 bits per heavy atom. The molecule has 21 heteroatoms. The van der Waals surface area contributed by atoms with Crippen LogP contribution in [0.15, 0.2) is 134 Å². The average Bonchev–Trinajstić information content (AvgIpc) is 0.883. The Morgan fingerprint density at radius 2 is 0.496 bits per heavy atom. The van der Waals surface area contributed by atoms with E-state index < -0.39 is 0 Å². The number of unbranched alkanes of at least 4 members (excludes halogenated alkanes) is 2. The number of esters is 7. The topological polar surface area (TPSA) is 184 Å². The standard InChI is InChI=1S/C17H26NO2.2C15H30NO2.C14H20NO2.C14H28NO2.C12H24NO2.C9H18NO2/c1-4-18(5-2,6-3)14-15-20-17(19)13-12-16-10-8-7-9-11-16;1-6-9-11-16(8-3,10-7-2)12-13-18-15(17)14(4)5;1-5-9-12-16(8-4,11-7-3)13-14-18-15(17)10-6-2;1-15(2,3)11-12-17-14(16)10-9-13-7-5-4-6-8-13;1-5-9-14(16)17-13-12-15(8-4,10-6-2)11-7-3;1-5-9-12(14)15-11-10-13(6-2,7-3)8-4;1-5-6-9(11)12-8-7-10(2,3)4/h7-13H,4-6,14-15H2,1-3H3;4,6-13H2,1-3,5H3;6,10H,5,7-9,11-14H2,1-4H3;4-10H,11-12H2,1-3H3;5,9H,6-8,10-13H2,1-4H3;5,9H,6-8,10-11H2,1-4H3;5-6H,7-8H2,1-4H3/q7*+1/b13-12+;;10-6+;10-9+;2*9-5+;6-5+. The molecule has 0 aromatic heterocycles. The molecule has 0 spiro atoms. The van der Waals surface area contributed by atoms with Crippen LogP contribution in [0.25, 0.3) is 12.2 Å². The van der Waals surface area contributed by atoms with Gasteiger partial charge in [-0.05, 0) is 159 Å². The van der Waals surface area contributed by atoms with E-state index >= 15 is 0 Å². The number of hydrogen-bond acceptors (Lipinski definition) is 14. The normalized spacial score (nSPS) is 12.6. The van der Waals surface area contributed by atoms with Crippen molar-refractivity contribution < 1.29 is 98.1 Å². The van der Waals surface area contributed by atoms with Crippen LogP contribution < -0.4 is 0 Å². The third-order valence-electron chi connectivity index (χ3n) is 20.8. The molecule has 2 atom stereocenters. The highest BCUT2D eigenvalue weighted by Gasteiger charge is 2.28. The van der Waals surface area contributed by atoms with E-state index in [1.807, 2.05) is 81.4 Å². The number of benzene rings is 2. The second-order valence-corrected chi connectivity index (χ2v) is 31.7.